The predicted molar refractivity (Wildman–Crippen MR) is 90.3 cm³/mol. The molecule has 2 atom stereocenters. The highest BCUT2D eigenvalue weighted by Crippen LogP contribution is 2.18. The van der Waals surface area contributed by atoms with E-state index in [1.165, 1.54) is 5.56 Å². The number of nitrogens with zero attached hydrogens (tertiary/aromatic N) is 1. The Labute approximate surface area is 142 Å². The molecule has 0 bridgehead atoms. The van der Waals surface area contributed by atoms with Crippen molar-refractivity contribution < 1.29 is 14.3 Å². The van der Waals surface area contributed by atoms with Crippen molar-refractivity contribution in [2.45, 2.75) is 19.1 Å². The van der Waals surface area contributed by atoms with Crippen molar-refractivity contribution in [3.8, 4) is 0 Å². The summed E-state index contributed by atoms with van der Waals surface area (Å²) in [6.45, 7) is 1.72. The van der Waals surface area contributed by atoms with Crippen LogP contribution < -0.4 is 5.32 Å². The zero-order chi connectivity index (χ0) is 16.6. The molecule has 0 aliphatic carbocycles. The third-order valence-electron chi connectivity index (χ3n) is 4.14. The van der Waals surface area contributed by atoms with Crippen LogP contribution in [0.15, 0.2) is 54.9 Å². The fraction of sp³-hybridized carbons (Fsp3) is 0.368. The molecule has 0 radical (unpaired) electrons. The van der Waals surface area contributed by atoms with Gasteiger partial charge in [0.2, 0.25) is 5.91 Å². The average molecular weight is 326 g/mol. The number of hydrogen-bond acceptors (Lipinski definition) is 4. The maximum atomic E-state index is 12.1. The zero-order valence-electron chi connectivity index (χ0n) is 13.6. The van der Waals surface area contributed by atoms with Crippen LogP contribution in [-0.4, -0.2) is 36.8 Å². The SMILES string of the molecule is O=C(COCc1ccccc1)N[C@@H]1COC[C@H]1Cc1ccncc1. The third kappa shape index (κ3) is 4.88. The minimum absolute atomic E-state index is 0.0333. The molecule has 1 fully saturated rings. The maximum Gasteiger partial charge on any atom is 0.246 e. The summed E-state index contributed by atoms with van der Waals surface area (Å²) >= 11 is 0. The lowest BCUT2D eigenvalue weighted by molar-refractivity contribution is -0.127. The Morgan fingerprint density at radius 3 is 2.71 bits per heavy atom. The lowest BCUT2D eigenvalue weighted by Crippen LogP contribution is -2.42. The second-order valence-electron chi connectivity index (χ2n) is 6.01. The van der Waals surface area contributed by atoms with Crippen molar-refractivity contribution in [2.24, 2.45) is 5.92 Å². The Morgan fingerprint density at radius 1 is 1.12 bits per heavy atom. The summed E-state index contributed by atoms with van der Waals surface area (Å²) in [5, 5.41) is 3.03. The Bertz CT molecular complexity index is 634. The summed E-state index contributed by atoms with van der Waals surface area (Å²) in [7, 11) is 0. The van der Waals surface area contributed by atoms with Gasteiger partial charge in [-0.3, -0.25) is 9.78 Å². The van der Waals surface area contributed by atoms with E-state index in [0.717, 1.165) is 12.0 Å². The third-order valence-corrected chi connectivity index (χ3v) is 4.14. The van der Waals surface area contributed by atoms with Gasteiger partial charge in [0.15, 0.2) is 0 Å². The summed E-state index contributed by atoms with van der Waals surface area (Å²) in [5.41, 5.74) is 2.27. The predicted octanol–water partition coefficient (Wildman–Crippen LogP) is 1.97. The molecular weight excluding hydrogens is 304 g/mol. The first-order chi connectivity index (χ1) is 11.8. The molecule has 1 N–H and O–H groups in total. The van der Waals surface area contributed by atoms with Gasteiger partial charge in [0.1, 0.15) is 6.61 Å². The van der Waals surface area contributed by atoms with E-state index in [1.54, 1.807) is 12.4 Å². The van der Waals surface area contributed by atoms with E-state index < -0.39 is 0 Å². The molecule has 0 spiro atoms. The summed E-state index contributed by atoms with van der Waals surface area (Å²) in [4.78, 5) is 16.1. The average Bonchev–Trinajstić information content (AvgIpc) is 3.03. The van der Waals surface area contributed by atoms with Crippen LogP contribution in [0, 0.1) is 5.92 Å². The number of aromatic nitrogens is 1. The lowest BCUT2D eigenvalue weighted by Gasteiger charge is -2.19. The van der Waals surface area contributed by atoms with Crippen molar-refractivity contribution in [1.82, 2.24) is 10.3 Å². The van der Waals surface area contributed by atoms with Gasteiger partial charge < -0.3 is 14.8 Å². The molecule has 5 heteroatoms. The Balaban J connectivity index is 1.43. The molecule has 2 heterocycles. The van der Waals surface area contributed by atoms with Gasteiger partial charge in [-0.15, -0.1) is 0 Å². The number of carbonyl (C=O) groups excluding carboxylic acids is 1. The number of ether oxygens (including phenoxy) is 2. The molecule has 1 aliphatic heterocycles. The molecule has 1 saturated heterocycles. The summed E-state index contributed by atoms with van der Waals surface area (Å²) < 4.78 is 11.0. The van der Waals surface area contributed by atoms with E-state index in [0.29, 0.717) is 19.8 Å². The van der Waals surface area contributed by atoms with Gasteiger partial charge in [-0.25, -0.2) is 0 Å². The first-order valence-corrected chi connectivity index (χ1v) is 8.19. The molecule has 3 rings (SSSR count). The van der Waals surface area contributed by atoms with E-state index in [4.69, 9.17) is 9.47 Å². The fourth-order valence-corrected chi connectivity index (χ4v) is 2.87. The van der Waals surface area contributed by atoms with Crippen LogP contribution in [0.3, 0.4) is 0 Å². The van der Waals surface area contributed by atoms with E-state index >= 15 is 0 Å². The van der Waals surface area contributed by atoms with Crippen molar-refractivity contribution in [1.29, 1.82) is 0 Å². The summed E-state index contributed by atoms with van der Waals surface area (Å²) in [6, 6.07) is 13.9. The molecule has 1 aromatic heterocycles. The van der Waals surface area contributed by atoms with Crippen LogP contribution in [0.4, 0.5) is 0 Å². The molecule has 126 valence electrons. The van der Waals surface area contributed by atoms with Crippen molar-refractivity contribution in [3.05, 3.63) is 66.0 Å². The second-order valence-corrected chi connectivity index (χ2v) is 6.01. The lowest BCUT2D eigenvalue weighted by atomic mass is 9.95. The van der Waals surface area contributed by atoms with Crippen molar-refractivity contribution >= 4 is 5.91 Å². The Hall–Kier alpha value is -2.24. The molecule has 1 aliphatic rings. The van der Waals surface area contributed by atoms with Gasteiger partial charge in [-0.1, -0.05) is 30.3 Å². The first kappa shape index (κ1) is 16.6. The van der Waals surface area contributed by atoms with Crippen LogP contribution in [0.2, 0.25) is 0 Å². The highest BCUT2D eigenvalue weighted by Gasteiger charge is 2.29. The van der Waals surface area contributed by atoms with Crippen LogP contribution in [0.1, 0.15) is 11.1 Å². The van der Waals surface area contributed by atoms with Crippen LogP contribution in [0.5, 0.6) is 0 Å². The molecule has 1 amide bonds. The standard InChI is InChI=1S/C19H22N2O3/c22-19(14-23-11-16-4-2-1-3-5-16)21-18-13-24-12-17(18)10-15-6-8-20-9-7-15/h1-9,17-18H,10-14H2,(H,21,22)/t17-,18-/m1/s1. The number of benzene rings is 1. The molecule has 0 unspecified atom stereocenters. The van der Waals surface area contributed by atoms with Crippen LogP contribution in [-0.2, 0) is 27.3 Å². The number of hydrogen-bond donors (Lipinski definition) is 1. The highest BCUT2D eigenvalue weighted by atomic mass is 16.5. The number of rotatable bonds is 7. The number of amides is 1. The molecule has 24 heavy (non-hydrogen) atoms. The summed E-state index contributed by atoms with van der Waals surface area (Å²) in [6.07, 6.45) is 4.45. The minimum Gasteiger partial charge on any atom is -0.379 e. The maximum absolute atomic E-state index is 12.1. The van der Waals surface area contributed by atoms with E-state index in [9.17, 15) is 4.79 Å². The molecule has 2 aromatic rings. The van der Waals surface area contributed by atoms with Gasteiger partial charge in [0.25, 0.3) is 0 Å². The highest BCUT2D eigenvalue weighted by molar-refractivity contribution is 5.77. The van der Waals surface area contributed by atoms with Crippen LogP contribution in [0.25, 0.3) is 0 Å². The Morgan fingerprint density at radius 2 is 1.92 bits per heavy atom. The topological polar surface area (TPSA) is 60.5 Å². The monoisotopic (exact) mass is 326 g/mol. The van der Waals surface area contributed by atoms with Crippen LogP contribution >= 0.6 is 0 Å². The van der Waals surface area contributed by atoms with E-state index in [-0.39, 0.29) is 24.5 Å². The van der Waals surface area contributed by atoms with Gasteiger partial charge in [0.05, 0.1) is 25.9 Å². The second kappa shape index (κ2) is 8.57. The number of nitrogens with one attached hydrogen (secondary N) is 1. The number of pyridine rings is 1. The largest absolute Gasteiger partial charge is 0.379 e. The van der Waals surface area contributed by atoms with E-state index in [2.05, 4.69) is 10.3 Å². The van der Waals surface area contributed by atoms with E-state index in [1.807, 2.05) is 42.5 Å². The normalized spacial score (nSPS) is 20.0. The van der Waals surface area contributed by atoms with Gasteiger partial charge in [-0.2, -0.15) is 0 Å². The van der Waals surface area contributed by atoms with Crippen molar-refractivity contribution in [3.63, 3.8) is 0 Å². The molecular formula is C19H22N2O3. The van der Waals surface area contributed by atoms with Gasteiger partial charge >= 0.3 is 0 Å². The van der Waals surface area contributed by atoms with Crippen molar-refractivity contribution in [2.75, 3.05) is 19.8 Å². The quantitative estimate of drug-likeness (QED) is 0.845. The molecule has 1 aromatic carbocycles. The number of carbonyl (C=O) groups is 1. The molecule has 0 saturated carbocycles. The fourth-order valence-electron chi connectivity index (χ4n) is 2.87. The van der Waals surface area contributed by atoms with Gasteiger partial charge in [-0.05, 0) is 29.7 Å². The smallest absolute Gasteiger partial charge is 0.246 e. The summed E-state index contributed by atoms with van der Waals surface area (Å²) in [5.74, 6) is 0.187. The molecule has 5 nitrogen and oxygen atoms in total. The van der Waals surface area contributed by atoms with Gasteiger partial charge in [0, 0.05) is 18.3 Å². The first-order valence-electron chi connectivity index (χ1n) is 8.19. The zero-order valence-corrected chi connectivity index (χ0v) is 13.6. The Kier molecular flexibility index (Phi) is 5.93. The minimum atomic E-state index is -0.0961.